The number of hydrogen-bond acceptors (Lipinski definition) is 5. The number of hydrogen-bond donors (Lipinski definition) is 0. The van der Waals surface area contributed by atoms with Gasteiger partial charge in [0, 0.05) is 24.7 Å². The molecule has 3 rings (SSSR count). The molecule has 0 aromatic heterocycles. The van der Waals surface area contributed by atoms with Gasteiger partial charge in [0.2, 0.25) is 0 Å². The van der Waals surface area contributed by atoms with Gasteiger partial charge in [-0.05, 0) is 31.5 Å². The minimum absolute atomic E-state index is 0.282. The number of benzene rings is 2. The number of thioether (sulfide) groups is 1. The van der Waals surface area contributed by atoms with Crippen LogP contribution in [-0.4, -0.2) is 48.0 Å². The molecule has 148 valence electrons. The topological polar surface area (TPSA) is 55.8 Å². The van der Waals surface area contributed by atoms with Gasteiger partial charge < -0.3 is 9.47 Å². The summed E-state index contributed by atoms with van der Waals surface area (Å²) in [6.07, 6.45) is -0.652. The van der Waals surface area contributed by atoms with Gasteiger partial charge in [-0.2, -0.15) is 11.8 Å². The lowest BCUT2D eigenvalue weighted by molar-refractivity contribution is -0.160. The Hall–Kier alpha value is -2.15. The maximum absolute atomic E-state index is 13.0. The average molecular weight is 400 g/mol. The predicted octanol–water partition coefficient (Wildman–Crippen LogP) is 3.98. The molecule has 6 heteroatoms. The Morgan fingerprint density at radius 1 is 0.857 bits per heavy atom. The SMILES string of the molecule is CCOC(OCC)[C@H](CSCc1ccccc1)N1C(=O)c2ccccc2C1=O. The van der Waals surface area contributed by atoms with E-state index in [9.17, 15) is 9.59 Å². The van der Waals surface area contributed by atoms with Crippen molar-refractivity contribution < 1.29 is 19.1 Å². The van der Waals surface area contributed by atoms with E-state index in [1.54, 1.807) is 36.0 Å². The van der Waals surface area contributed by atoms with Crippen LogP contribution in [0.25, 0.3) is 0 Å². The van der Waals surface area contributed by atoms with E-state index < -0.39 is 12.3 Å². The number of carbonyl (C=O) groups is 2. The van der Waals surface area contributed by atoms with Crippen molar-refractivity contribution in [3.05, 3.63) is 71.3 Å². The first-order chi connectivity index (χ1) is 13.7. The van der Waals surface area contributed by atoms with Gasteiger partial charge in [-0.3, -0.25) is 14.5 Å². The van der Waals surface area contributed by atoms with Crippen molar-refractivity contribution in [1.82, 2.24) is 4.90 Å². The molecule has 0 spiro atoms. The predicted molar refractivity (Wildman–Crippen MR) is 110 cm³/mol. The fraction of sp³-hybridized carbons (Fsp3) is 0.364. The van der Waals surface area contributed by atoms with Gasteiger partial charge in [0.05, 0.1) is 11.1 Å². The Morgan fingerprint density at radius 3 is 1.93 bits per heavy atom. The van der Waals surface area contributed by atoms with E-state index in [1.807, 2.05) is 32.0 Å². The van der Waals surface area contributed by atoms with E-state index in [4.69, 9.17) is 9.47 Å². The molecule has 2 amide bonds. The molecule has 0 unspecified atom stereocenters. The number of ether oxygens (including phenoxy) is 2. The first-order valence-corrected chi connectivity index (χ1v) is 10.6. The van der Waals surface area contributed by atoms with E-state index in [0.717, 1.165) is 5.75 Å². The molecule has 0 aliphatic carbocycles. The molecule has 28 heavy (non-hydrogen) atoms. The summed E-state index contributed by atoms with van der Waals surface area (Å²) in [4.78, 5) is 27.3. The maximum Gasteiger partial charge on any atom is 0.262 e. The lowest BCUT2D eigenvalue weighted by atomic mass is 10.1. The molecule has 0 fully saturated rings. The normalized spacial score (nSPS) is 14.6. The summed E-state index contributed by atoms with van der Waals surface area (Å²) in [6, 6.07) is 16.5. The average Bonchev–Trinajstić information content (AvgIpc) is 2.97. The summed E-state index contributed by atoms with van der Waals surface area (Å²) in [5.41, 5.74) is 2.08. The van der Waals surface area contributed by atoms with Crippen molar-refractivity contribution in [3.63, 3.8) is 0 Å². The quantitative estimate of drug-likeness (QED) is 0.447. The largest absolute Gasteiger partial charge is 0.351 e. The summed E-state index contributed by atoms with van der Waals surface area (Å²) in [5, 5.41) is 0. The Labute approximate surface area is 170 Å². The fourth-order valence-electron chi connectivity index (χ4n) is 3.25. The summed E-state index contributed by atoms with van der Waals surface area (Å²) in [7, 11) is 0. The molecular weight excluding hydrogens is 374 g/mol. The highest BCUT2D eigenvalue weighted by molar-refractivity contribution is 7.98. The first kappa shape index (κ1) is 20.6. The molecule has 0 N–H and O–H groups in total. The second-order valence-electron chi connectivity index (χ2n) is 6.37. The van der Waals surface area contributed by atoms with Gasteiger partial charge in [0.15, 0.2) is 6.29 Å². The molecule has 0 bridgehead atoms. The van der Waals surface area contributed by atoms with Gasteiger partial charge in [0.25, 0.3) is 11.8 Å². The maximum atomic E-state index is 13.0. The number of carbonyl (C=O) groups excluding carboxylic acids is 2. The molecule has 1 aliphatic rings. The number of nitrogens with zero attached hydrogens (tertiary/aromatic N) is 1. The molecule has 0 saturated heterocycles. The minimum Gasteiger partial charge on any atom is -0.351 e. The van der Waals surface area contributed by atoms with Crippen molar-refractivity contribution in [1.29, 1.82) is 0 Å². The van der Waals surface area contributed by atoms with Crippen LogP contribution in [0.15, 0.2) is 54.6 Å². The molecule has 1 aliphatic heterocycles. The minimum atomic E-state index is -0.652. The summed E-state index contributed by atoms with van der Waals surface area (Å²) in [6.45, 7) is 4.63. The van der Waals surface area contributed by atoms with Crippen LogP contribution in [-0.2, 0) is 15.2 Å². The molecule has 2 aromatic carbocycles. The number of amides is 2. The zero-order chi connectivity index (χ0) is 19.9. The summed E-state index contributed by atoms with van der Waals surface area (Å²) < 4.78 is 11.5. The smallest absolute Gasteiger partial charge is 0.262 e. The third-order valence-corrected chi connectivity index (χ3v) is 5.65. The van der Waals surface area contributed by atoms with Crippen LogP contribution in [0.4, 0.5) is 0 Å². The molecule has 1 atom stereocenters. The molecule has 5 nitrogen and oxygen atoms in total. The first-order valence-electron chi connectivity index (χ1n) is 9.49. The van der Waals surface area contributed by atoms with E-state index in [-0.39, 0.29) is 11.8 Å². The highest BCUT2D eigenvalue weighted by Gasteiger charge is 2.43. The fourth-order valence-corrected chi connectivity index (χ4v) is 4.35. The van der Waals surface area contributed by atoms with Gasteiger partial charge in [0.1, 0.15) is 6.04 Å². The number of fused-ring (bicyclic) bond motifs is 1. The monoisotopic (exact) mass is 399 g/mol. The lowest BCUT2D eigenvalue weighted by Gasteiger charge is -2.32. The van der Waals surface area contributed by atoms with Gasteiger partial charge in [-0.25, -0.2) is 0 Å². The van der Waals surface area contributed by atoms with Crippen LogP contribution in [0.3, 0.4) is 0 Å². The van der Waals surface area contributed by atoms with Crippen LogP contribution >= 0.6 is 11.8 Å². The molecule has 0 radical (unpaired) electrons. The Bertz CT molecular complexity index is 770. The number of imide groups is 1. The van der Waals surface area contributed by atoms with E-state index in [2.05, 4.69) is 12.1 Å². The van der Waals surface area contributed by atoms with Crippen molar-refractivity contribution in [2.45, 2.75) is 31.9 Å². The van der Waals surface area contributed by atoms with E-state index in [1.165, 1.54) is 10.5 Å². The Kier molecular flexibility index (Phi) is 7.25. The molecule has 1 heterocycles. The van der Waals surface area contributed by atoms with E-state index in [0.29, 0.717) is 30.1 Å². The second kappa shape index (κ2) is 9.87. The van der Waals surface area contributed by atoms with Crippen LogP contribution in [0.5, 0.6) is 0 Å². The Balaban J connectivity index is 1.81. The van der Waals surface area contributed by atoms with Crippen LogP contribution in [0.1, 0.15) is 40.1 Å². The highest BCUT2D eigenvalue weighted by Crippen LogP contribution is 2.29. The standard InChI is InChI=1S/C22H25NO4S/c1-3-26-22(27-4-2)19(15-28-14-16-10-6-5-7-11-16)23-20(24)17-12-8-9-13-18(17)21(23)25/h5-13,19,22H,3-4,14-15H2,1-2H3/t19-/m0/s1. The van der Waals surface area contributed by atoms with Gasteiger partial charge >= 0.3 is 0 Å². The molecule has 2 aromatic rings. The lowest BCUT2D eigenvalue weighted by Crippen LogP contribution is -2.50. The second-order valence-corrected chi connectivity index (χ2v) is 7.40. The number of rotatable bonds is 10. The van der Waals surface area contributed by atoms with Gasteiger partial charge in [-0.15, -0.1) is 0 Å². The highest BCUT2D eigenvalue weighted by atomic mass is 32.2. The molecule has 0 saturated carbocycles. The third-order valence-electron chi connectivity index (χ3n) is 4.53. The Morgan fingerprint density at radius 2 is 1.39 bits per heavy atom. The zero-order valence-electron chi connectivity index (χ0n) is 16.2. The van der Waals surface area contributed by atoms with Crippen LogP contribution in [0, 0.1) is 0 Å². The van der Waals surface area contributed by atoms with Crippen LogP contribution < -0.4 is 0 Å². The van der Waals surface area contributed by atoms with Crippen molar-refractivity contribution >= 4 is 23.6 Å². The zero-order valence-corrected chi connectivity index (χ0v) is 17.0. The van der Waals surface area contributed by atoms with Gasteiger partial charge in [-0.1, -0.05) is 42.5 Å². The summed E-state index contributed by atoms with van der Waals surface area (Å²) >= 11 is 1.66. The van der Waals surface area contributed by atoms with E-state index >= 15 is 0 Å². The van der Waals surface area contributed by atoms with Crippen molar-refractivity contribution in [2.75, 3.05) is 19.0 Å². The van der Waals surface area contributed by atoms with Crippen LogP contribution in [0.2, 0.25) is 0 Å². The third kappa shape index (κ3) is 4.46. The summed E-state index contributed by atoms with van der Waals surface area (Å²) in [5.74, 6) is 0.752. The van der Waals surface area contributed by atoms with Crippen molar-refractivity contribution in [2.24, 2.45) is 0 Å². The van der Waals surface area contributed by atoms with Crippen molar-refractivity contribution in [3.8, 4) is 0 Å². The molecular formula is C22H25NO4S.